The summed E-state index contributed by atoms with van der Waals surface area (Å²) < 4.78 is 7.99. The molecule has 0 bridgehead atoms. The second-order valence-corrected chi connectivity index (χ2v) is 12.0. The number of aromatic nitrogens is 2. The summed E-state index contributed by atoms with van der Waals surface area (Å²) in [5.74, 6) is 1.55. The van der Waals surface area contributed by atoms with Crippen molar-refractivity contribution in [2.24, 2.45) is 7.05 Å². The highest BCUT2D eigenvalue weighted by molar-refractivity contribution is 6.30. The predicted molar refractivity (Wildman–Crippen MR) is 180 cm³/mol. The highest BCUT2D eigenvalue weighted by Crippen LogP contribution is 2.34. The number of amides is 1. The molecular formula is C36H45ClN4O3. The van der Waals surface area contributed by atoms with Crippen molar-refractivity contribution in [3.05, 3.63) is 98.6 Å². The molecule has 0 spiro atoms. The smallest absolute Gasteiger partial charge is 0.256 e. The molecule has 44 heavy (non-hydrogen) atoms. The number of hydrogen-bond acceptors (Lipinski definition) is 5. The summed E-state index contributed by atoms with van der Waals surface area (Å²) in [5.41, 5.74) is 3.61. The van der Waals surface area contributed by atoms with E-state index in [4.69, 9.17) is 16.3 Å². The molecule has 0 aliphatic carbocycles. The molecule has 234 valence electrons. The van der Waals surface area contributed by atoms with Gasteiger partial charge in [0.25, 0.3) is 5.91 Å². The molecule has 1 amide bonds. The second-order valence-electron chi connectivity index (χ2n) is 11.5. The number of rotatable bonds is 10. The summed E-state index contributed by atoms with van der Waals surface area (Å²) in [6.45, 7) is 11.8. The molecule has 1 saturated heterocycles. The maximum Gasteiger partial charge on any atom is 0.256 e. The van der Waals surface area contributed by atoms with E-state index in [1.807, 2.05) is 39.2 Å². The number of aryl methyl sites for hydroxylation is 2. The lowest BCUT2D eigenvalue weighted by molar-refractivity contribution is 0.0948. The average molecular weight is 617 g/mol. The van der Waals surface area contributed by atoms with Crippen LogP contribution < -0.4 is 15.5 Å². The highest BCUT2D eigenvalue weighted by atomic mass is 35.5. The number of hydrogen-bond donors (Lipinski definition) is 1. The number of likely N-dealkylation sites (tertiary alicyclic amines) is 1. The van der Waals surface area contributed by atoms with E-state index in [0.717, 1.165) is 30.8 Å². The van der Waals surface area contributed by atoms with E-state index in [1.165, 1.54) is 37.8 Å². The van der Waals surface area contributed by atoms with Crippen molar-refractivity contribution < 1.29 is 9.53 Å². The molecule has 2 aromatic carbocycles. The molecule has 1 aliphatic rings. The Labute approximate surface area is 266 Å². The number of nitrogens with one attached hydrogen (secondary N) is 1. The summed E-state index contributed by atoms with van der Waals surface area (Å²) in [5, 5.41) is 3.99. The first-order valence-electron chi connectivity index (χ1n) is 15.7. The topological polar surface area (TPSA) is 76.5 Å². The number of ether oxygens (including phenoxy) is 1. The Morgan fingerprint density at radius 1 is 1.09 bits per heavy atom. The fourth-order valence-corrected chi connectivity index (χ4v) is 5.85. The van der Waals surface area contributed by atoms with Crippen molar-refractivity contribution in [2.45, 2.75) is 65.7 Å². The zero-order valence-corrected chi connectivity index (χ0v) is 27.4. The number of carbonyl (C=O) groups excluding carboxylic acids is 1. The third kappa shape index (κ3) is 8.27. The summed E-state index contributed by atoms with van der Waals surface area (Å²) >= 11 is 5.99. The molecule has 1 atom stereocenters. The zero-order chi connectivity index (χ0) is 31.6. The lowest BCUT2D eigenvalue weighted by Crippen LogP contribution is -2.35. The minimum Gasteiger partial charge on any atom is -0.455 e. The molecule has 8 heteroatoms. The molecule has 4 aromatic rings. The third-order valence-electron chi connectivity index (χ3n) is 8.35. The minimum absolute atomic E-state index is 0.141. The van der Waals surface area contributed by atoms with Crippen LogP contribution in [0.5, 0.6) is 11.5 Å². The zero-order valence-electron chi connectivity index (χ0n) is 26.7. The van der Waals surface area contributed by atoms with Crippen LogP contribution in [-0.4, -0.2) is 46.5 Å². The van der Waals surface area contributed by atoms with E-state index in [-0.39, 0.29) is 16.9 Å². The van der Waals surface area contributed by atoms with Gasteiger partial charge in [-0.2, -0.15) is 0 Å². The standard InChI is InChI=1S/C25H28ClN3O3.C11H17N/c1-16-14-20-22(24(17(16)2)32-19-8-6-18(26)7-9-19)28(3)15-21(23(20)30)25(31)27-10-13-29-11-4-5-12-29;1-3-7-10(4-2)11-8-5-6-9-12-11/h6-9,14-15H,4-5,10-13H2,1-3H3,(H,27,31);5-6,8-10H,3-4,7H2,1-2H3. The van der Waals surface area contributed by atoms with Gasteiger partial charge in [-0.15, -0.1) is 0 Å². The first-order chi connectivity index (χ1) is 21.2. The minimum atomic E-state index is -0.343. The molecule has 1 N–H and O–H groups in total. The monoisotopic (exact) mass is 616 g/mol. The molecule has 0 saturated carbocycles. The number of benzene rings is 2. The molecule has 3 heterocycles. The largest absolute Gasteiger partial charge is 0.455 e. The number of halogens is 1. The van der Waals surface area contributed by atoms with Gasteiger partial charge in [-0.25, -0.2) is 0 Å². The van der Waals surface area contributed by atoms with Gasteiger partial charge in [0.15, 0.2) is 5.75 Å². The van der Waals surface area contributed by atoms with E-state index in [9.17, 15) is 9.59 Å². The van der Waals surface area contributed by atoms with Crippen LogP contribution >= 0.6 is 11.6 Å². The van der Waals surface area contributed by atoms with Gasteiger partial charge in [-0.3, -0.25) is 14.6 Å². The Balaban J connectivity index is 0.000000309. The first-order valence-corrected chi connectivity index (χ1v) is 16.1. The fourth-order valence-electron chi connectivity index (χ4n) is 5.72. The van der Waals surface area contributed by atoms with E-state index in [1.54, 1.807) is 35.0 Å². The van der Waals surface area contributed by atoms with Gasteiger partial charge in [0.2, 0.25) is 5.43 Å². The van der Waals surface area contributed by atoms with Gasteiger partial charge >= 0.3 is 0 Å². The fraction of sp³-hybridized carbons (Fsp3) is 0.417. The predicted octanol–water partition coefficient (Wildman–Crippen LogP) is 7.80. The third-order valence-corrected chi connectivity index (χ3v) is 8.61. The molecule has 1 aliphatic heterocycles. The number of pyridine rings is 2. The van der Waals surface area contributed by atoms with Crippen LogP contribution in [0.1, 0.15) is 79.0 Å². The molecule has 1 fully saturated rings. The van der Waals surface area contributed by atoms with Crippen LogP contribution in [0, 0.1) is 13.8 Å². The summed E-state index contributed by atoms with van der Waals surface area (Å²) in [6, 6.07) is 15.1. The van der Waals surface area contributed by atoms with Gasteiger partial charge in [-0.05, 0) is 106 Å². The lowest BCUT2D eigenvalue weighted by Gasteiger charge is -2.18. The van der Waals surface area contributed by atoms with Crippen LogP contribution in [0.4, 0.5) is 0 Å². The number of carbonyl (C=O) groups is 1. The average Bonchev–Trinajstić information content (AvgIpc) is 3.55. The molecule has 5 rings (SSSR count). The van der Waals surface area contributed by atoms with Crippen LogP contribution in [-0.2, 0) is 7.05 Å². The van der Waals surface area contributed by atoms with E-state index in [0.29, 0.717) is 39.9 Å². The van der Waals surface area contributed by atoms with Gasteiger partial charge in [0, 0.05) is 49.2 Å². The Hall–Kier alpha value is -3.68. The normalized spacial score (nSPS) is 13.8. The Bertz CT molecular complexity index is 1600. The molecule has 0 radical (unpaired) electrons. The van der Waals surface area contributed by atoms with Crippen molar-refractivity contribution in [3.63, 3.8) is 0 Å². The molecule has 1 unspecified atom stereocenters. The van der Waals surface area contributed by atoms with Crippen LogP contribution in [0.2, 0.25) is 5.02 Å². The van der Waals surface area contributed by atoms with Gasteiger partial charge in [-0.1, -0.05) is 37.9 Å². The van der Waals surface area contributed by atoms with Crippen molar-refractivity contribution >= 4 is 28.4 Å². The van der Waals surface area contributed by atoms with Crippen molar-refractivity contribution in [1.82, 2.24) is 19.8 Å². The van der Waals surface area contributed by atoms with Crippen LogP contribution in [0.15, 0.2) is 65.7 Å². The SMILES string of the molecule is CCCC(CC)c1ccccn1.Cc1cc2c(=O)c(C(=O)NCCN3CCCC3)cn(C)c2c(Oc2ccc(Cl)cc2)c1C. The van der Waals surface area contributed by atoms with Gasteiger partial charge in [0.05, 0.1) is 10.9 Å². The lowest BCUT2D eigenvalue weighted by atomic mass is 9.97. The first kappa shape index (κ1) is 33.2. The van der Waals surface area contributed by atoms with Crippen LogP contribution in [0.25, 0.3) is 10.9 Å². The summed E-state index contributed by atoms with van der Waals surface area (Å²) in [4.78, 5) is 32.8. The maximum absolute atomic E-state index is 13.3. The van der Waals surface area contributed by atoms with Crippen molar-refractivity contribution in [1.29, 1.82) is 0 Å². The second kappa shape index (κ2) is 15.9. The van der Waals surface area contributed by atoms with Gasteiger partial charge < -0.3 is 19.5 Å². The van der Waals surface area contributed by atoms with E-state index in [2.05, 4.69) is 41.2 Å². The van der Waals surface area contributed by atoms with Crippen molar-refractivity contribution in [3.8, 4) is 11.5 Å². The quantitative estimate of drug-likeness (QED) is 0.197. The van der Waals surface area contributed by atoms with E-state index < -0.39 is 0 Å². The Morgan fingerprint density at radius 3 is 2.45 bits per heavy atom. The molecular weight excluding hydrogens is 572 g/mol. The molecule has 2 aromatic heterocycles. The van der Waals surface area contributed by atoms with Gasteiger partial charge in [0.1, 0.15) is 11.3 Å². The number of fused-ring (bicyclic) bond motifs is 1. The molecule has 7 nitrogen and oxygen atoms in total. The van der Waals surface area contributed by atoms with Crippen molar-refractivity contribution in [2.75, 3.05) is 26.2 Å². The van der Waals surface area contributed by atoms with Crippen LogP contribution in [0.3, 0.4) is 0 Å². The number of nitrogens with zero attached hydrogens (tertiary/aromatic N) is 3. The Kier molecular flexibility index (Phi) is 12.0. The summed E-state index contributed by atoms with van der Waals surface area (Å²) in [6.07, 6.45) is 9.59. The highest BCUT2D eigenvalue weighted by Gasteiger charge is 2.20. The van der Waals surface area contributed by atoms with E-state index >= 15 is 0 Å². The summed E-state index contributed by atoms with van der Waals surface area (Å²) in [7, 11) is 1.83. The Morgan fingerprint density at radius 2 is 1.82 bits per heavy atom. The maximum atomic E-state index is 13.3.